The summed E-state index contributed by atoms with van der Waals surface area (Å²) in [4.78, 5) is 11.9. The Morgan fingerprint density at radius 1 is 1.25 bits per heavy atom. The predicted molar refractivity (Wildman–Crippen MR) is 79.0 cm³/mol. The maximum atomic E-state index is 11.9. The van der Waals surface area contributed by atoms with Gasteiger partial charge in [0.15, 0.2) is 0 Å². The smallest absolute Gasteiger partial charge is 0.341 e. The average Bonchev–Trinajstić information content (AvgIpc) is 2.64. The van der Waals surface area contributed by atoms with Crippen molar-refractivity contribution in [3.8, 4) is 5.69 Å². The summed E-state index contributed by atoms with van der Waals surface area (Å²) in [5.41, 5.74) is 2.48. The third kappa shape index (κ3) is 2.81. The second kappa shape index (κ2) is 5.85. The van der Waals surface area contributed by atoms with Crippen molar-refractivity contribution < 1.29 is 9.53 Å². The second-order valence-electron chi connectivity index (χ2n) is 4.31. The van der Waals surface area contributed by atoms with E-state index in [0.717, 1.165) is 0 Å². The van der Waals surface area contributed by atoms with Gasteiger partial charge < -0.3 is 4.74 Å². The lowest BCUT2D eigenvalue weighted by Crippen LogP contribution is -2.07. The molecule has 1 aromatic heterocycles. The van der Waals surface area contributed by atoms with Crippen molar-refractivity contribution in [2.75, 3.05) is 6.61 Å². The molecule has 0 bridgehead atoms. The van der Waals surface area contributed by atoms with Crippen LogP contribution in [-0.4, -0.2) is 22.4 Å². The molecule has 106 valence electrons. The number of benzene rings is 1. The van der Waals surface area contributed by atoms with Crippen molar-refractivity contribution in [1.29, 1.82) is 0 Å². The molecule has 20 heavy (non-hydrogen) atoms. The number of nitrogens with zero attached hydrogens (tertiary/aromatic N) is 2. The van der Waals surface area contributed by atoms with Crippen molar-refractivity contribution in [3.63, 3.8) is 0 Å². The zero-order valence-electron chi connectivity index (χ0n) is 11.4. The highest BCUT2D eigenvalue weighted by atomic mass is 35.5. The van der Waals surface area contributed by atoms with Crippen LogP contribution >= 0.6 is 23.2 Å². The summed E-state index contributed by atoms with van der Waals surface area (Å²) in [5, 5.41) is 5.39. The van der Waals surface area contributed by atoms with Gasteiger partial charge in [-0.1, -0.05) is 23.2 Å². The quantitative estimate of drug-likeness (QED) is 0.805. The molecule has 4 nitrogen and oxygen atoms in total. The fourth-order valence-electron chi connectivity index (χ4n) is 2.05. The number of rotatable bonds is 3. The molecular weight excluding hydrogens is 299 g/mol. The summed E-state index contributed by atoms with van der Waals surface area (Å²) in [6, 6.07) is 5.12. The largest absolute Gasteiger partial charge is 0.462 e. The van der Waals surface area contributed by atoms with Gasteiger partial charge in [-0.25, -0.2) is 9.48 Å². The van der Waals surface area contributed by atoms with E-state index in [9.17, 15) is 4.79 Å². The van der Waals surface area contributed by atoms with E-state index in [1.165, 1.54) is 0 Å². The first-order valence-corrected chi connectivity index (χ1v) is 6.89. The fourth-order valence-corrected chi connectivity index (χ4v) is 2.57. The minimum Gasteiger partial charge on any atom is -0.462 e. The predicted octanol–water partition coefficient (Wildman–Crippen LogP) is 3.97. The van der Waals surface area contributed by atoms with Crippen LogP contribution in [0.4, 0.5) is 0 Å². The number of hydrogen-bond acceptors (Lipinski definition) is 3. The van der Waals surface area contributed by atoms with Crippen molar-refractivity contribution >= 4 is 29.2 Å². The molecule has 0 aliphatic heterocycles. The van der Waals surface area contributed by atoms with E-state index in [1.807, 2.05) is 0 Å². The first-order valence-electron chi connectivity index (χ1n) is 6.13. The molecule has 1 aromatic carbocycles. The molecule has 6 heteroatoms. The zero-order valence-corrected chi connectivity index (χ0v) is 12.9. The number of ether oxygens (including phenoxy) is 1. The lowest BCUT2D eigenvalue weighted by atomic mass is 10.2. The average molecular weight is 313 g/mol. The molecule has 0 saturated carbocycles. The Morgan fingerprint density at radius 2 is 1.85 bits per heavy atom. The molecule has 0 atom stereocenters. The summed E-state index contributed by atoms with van der Waals surface area (Å²) in [5.74, 6) is -0.373. The number of esters is 1. The van der Waals surface area contributed by atoms with Crippen molar-refractivity contribution in [2.45, 2.75) is 20.8 Å². The Bertz CT molecular complexity index is 645. The van der Waals surface area contributed by atoms with Crippen molar-refractivity contribution in [2.24, 2.45) is 0 Å². The van der Waals surface area contributed by atoms with Crippen LogP contribution in [0.2, 0.25) is 10.0 Å². The molecule has 0 amide bonds. The first kappa shape index (κ1) is 14.9. The van der Waals surface area contributed by atoms with Gasteiger partial charge >= 0.3 is 5.97 Å². The van der Waals surface area contributed by atoms with E-state index < -0.39 is 0 Å². The fraction of sp³-hybridized carbons (Fsp3) is 0.286. The highest BCUT2D eigenvalue weighted by Crippen LogP contribution is 2.24. The number of carbonyl (C=O) groups excluding carboxylic acids is 1. The van der Waals surface area contributed by atoms with Gasteiger partial charge in [-0.15, -0.1) is 0 Å². The normalized spacial score (nSPS) is 10.7. The lowest BCUT2D eigenvalue weighted by Gasteiger charge is -2.06. The molecule has 0 N–H and O–H groups in total. The molecule has 0 aliphatic carbocycles. The number of carbonyl (C=O) groups is 1. The van der Waals surface area contributed by atoms with E-state index >= 15 is 0 Å². The Kier molecular flexibility index (Phi) is 4.35. The number of aryl methyl sites for hydroxylation is 1. The molecule has 0 fully saturated rings. The Balaban J connectivity index is 2.54. The summed E-state index contributed by atoms with van der Waals surface area (Å²) >= 11 is 12.0. The molecule has 0 unspecified atom stereocenters. The molecule has 0 spiro atoms. The number of aromatic nitrogens is 2. The lowest BCUT2D eigenvalue weighted by molar-refractivity contribution is 0.0524. The second-order valence-corrected chi connectivity index (χ2v) is 5.18. The molecule has 0 saturated heterocycles. The highest BCUT2D eigenvalue weighted by molar-refractivity contribution is 6.34. The van der Waals surface area contributed by atoms with Crippen LogP contribution in [0, 0.1) is 13.8 Å². The summed E-state index contributed by atoms with van der Waals surface area (Å²) < 4.78 is 6.68. The van der Waals surface area contributed by atoms with Gasteiger partial charge in [-0.2, -0.15) is 5.10 Å². The van der Waals surface area contributed by atoms with Crippen LogP contribution in [0.25, 0.3) is 5.69 Å². The Labute approximate surface area is 127 Å². The standard InChI is InChI=1S/C14H14Cl2N2O2/c1-4-20-14(19)13-8(2)17-18(9(13)3)12-6-10(15)5-11(16)7-12/h5-7H,4H2,1-3H3. The topological polar surface area (TPSA) is 44.1 Å². The summed E-state index contributed by atoms with van der Waals surface area (Å²) in [7, 11) is 0. The maximum Gasteiger partial charge on any atom is 0.341 e. The number of halogens is 2. The third-order valence-electron chi connectivity index (χ3n) is 2.86. The van der Waals surface area contributed by atoms with E-state index in [4.69, 9.17) is 27.9 Å². The molecule has 0 radical (unpaired) electrons. The monoisotopic (exact) mass is 312 g/mol. The van der Waals surface area contributed by atoms with Gasteiger partial charge in [0, 0.05) is 10.0 Å². The van der Waals surface area contributed by atoms with E-state index in [-0.39, 0.29) is 5.97 Å². The van der Waals surface area contributed by atoms with Gasteiger partial charge in [0.2, 0.25) is 0 Å². The number of hydrogen-bond donors (Lipinski definition) is 0. The van der Waals surface area contributed by atoms with E-state index in [1.54, 1.807) is 43.7 Å². The molecule has 2 rings (SSSR count). The zero-order chi connectivity index (χ0) is 14.9. The van der Waals surface area contributed by atoms with Gasteiger partial charge in [0.25, 0.3) is 0 Å². The Hall–Kier alpha value is -1.52. The highest BCUT2D eigenvalue weighted by Gasteiger charge is 2.20. The summed E-state index contributed by atoms with van der Waals surface area (Å²) in [6.07, 6.45) is 0. The van der Waals surface area contributed by atoms with Crippen LogP contribution in [0.15, 0.2) is 18.2 Å². The summed E-state index contributed by atoms with van der Waals surface area (Å²) in [6.45, 7) is 5.67. The van der Waals surface area contributed by atoms with Gasteiger partial charge in [-0.3, -0.25) is 0 Å². The van der Waals surface area contributed by atoms with Gasteiger partial charge in [-0.05, 0) is 39.0 Å². The van der Waals surface area contributed by atoms with Crippen molar-refractivity contribution in [1.82, 2.24) is 9.78 Å². The van der Waals surface area contributed by atoms with Gasteiger partial charge in [0.1, 0.15) is 5.56 Å². The Morgan fingerprint density at radius 3 is 2.40 bits per heavy atom. The van der Waals surface area contributed by atoms with Crippen LogP contribution in [0.1, 0.15) is 28.7 Å². The minimum absolute atomic E-state index is 0.325. The minimum atomic E-state index is -0.373. The molecule has 1 heterocycles. The molecule has 0 aliphatic rings. The maximum absolute atomic E-state index is 11.9. The SMILES string of the molecule is CCOC(=O)c1c(C)nn(-c2cc(Cl)cc(Cl)c2)c1C. The van der Waals surface area contributed by atoms with E-state index in [0.29, 0.717) is 39.3 Å². The van der Waals surface area contributed by atoms with Crippen LogP contribution in [0.5, 0.6) is 0 Å². The first-order chi connectivity index (χ1) is 9.43. The molecule has 2 aromatic rings. The van der Waals surface area contributed by atoms with Crippen LogP contribution in [0.3, 0.4) is 0 Å². The van der Waals surface area contributed by atoms with Crippen molar-refractivity contribution in [3.05, 3.63) is 45.2 Å². The third-order valence-corrected chi connectivity index (χ3v) is 3.30. The van der Waals surface area contributed by atoms with Crippen LogP contribution < -0.4 is 0 Å². The van der Waals surface area contributed by atoms with Crippen LogP contribution in [-0.2, 0) is 4.74 Å². The van der Waals surface area contributed by atoms with Gasteiger partial charge in [0.05, 0.1) is 23.7 Å². The molecular formula is C14H14Cl2N2O2. The van der Waals surface area contributed by atoms with E-state index in [2.05, 4.69) is 5.10 Å².